The smallest absolute Gasteiger partial charge is 0.253 e. The monoisotopic (exact) mass is 291 g/mol. The van der Waals surface area contributed by atoms with Gasteiger partial charge in [-0.25, -0.2) is 0 Å². The van der Waals surface area contributed by atoms with Crippen LogP contribution < -0.4 is 10.5 Å². The Morgan fingerprint density at radius 3 is 2.81 bits per heavy atom. The van der Waals surface area contributed by atoms with Gasteiger partial charge in [-0.2, -0.15) is 0 Å². The van der Waals surface area contributed by atoms with Gasteiger partial charge in [0.25, 0.3) is 5.91 Å². The number of nitrogens with two attached hydrogens (primary N) is 1. The fourth-order valence-corrected chi connectivity index (χ4v) is 2.72. The molecule has 1 heterocycles. The molecule has 5 heteroatoms. The minimum atomic E-state index is -0.0548. The average molecular weight is 291 g/mol. The summed E-state index contributed by atoms with van der Waals surface area (Å²) < 4.78 is 5.77. The maximum Gasteiger partial charge on any atom is 0.253 e. The first-order valence-electron chi connectivity index (χ1n) is 7.43. The summed E-state index contributed by atoms with van der Waals surface area (Å²) in [4.78, 5) is 15.8. The van der Waals surface area contributed by atoms with Gasteiger partial charge in [0.15, 0.2) is 0 Å². The average Bonchev–Trinajstić information content (AvgIpc) is 2.85. The third kappa shape index (κ3) is 3.88. The van der Waals surface area contributed by atoms with Gasteiger partial charge >= 0.3 is 0 Å². The lowest BCUT2D eigenvalue weighted by atomic mass is 10.1. The number of benzene rings is 1. The van der Waals surface area contributed by atoms with E-state index in [1.54, 1.807) is 32.3 Å². The number of carbonyl (C=O) groups is 1. The zero-order valence-corrected chi connectivity index (χ0v) is 13.1. The molecule has 0 spiro atoms. The van der Waals surface area contributed by atoms with Crippen LogP contribution >= 0.6 is 0 Å². The maximum atomic E-state index is 11.9. The van der Waals surface area contributed by atoms with Crippen LogP contribution in [0.15, 0.2) is 18.2 Å². The molecule has 0 radical (unpaired) electrons. The molecule has 1 aliphatic heterocycles. The molecule has 1 saturated heterocycles. The van der Waals surface area contributed by atoms with Crippen molar-refractivity contribution >= 4 is 11.6 Å². The topological polar surface area (TPSA) is 58.8 Å². The van der Waals surface area contributed by atoms with Crippen LogP contribution in [0.4, 0.5) is 5.69 Å². The van der Waals surface area contributed by atoms with Gasteiger partial charge in [0, 0.05) is 25.7 Å². The number of nitrogen functional groups attached to an aromatic ring is 1. The Kier molecular flexibility index (Phi) is 5.07. The van der Waals surface area contributed by atoms with Crippen molar-refractivity contribution in [3.63, 3.8) is 0 Å². The lowest BCUT2D eigenvalue weighted by Gasteiger charge is -2.19. The molecule has 2 N–H and O–H groups in total. The lowest BCUT2D eigenvalue weighted by molar-refractivity contribution is 0.0827. The van der Waals surface area contributed by atoms with Crippen molar-refractivity contribution in [1.29, 1.82) is 0 Å². The van der Waals surface area contributed by atoms with Crippen molar-refractivity contribution in [2.45, 2.75) is 25.3 Å². The largest absolute Gasteiger partial charge is 0.491 e. The summed E-state index contributed by atoms with van der Waals surface area (Å²) in [6.45, 7) is 1.83. The minimum Gasteiger partial charge on any atom is -0.491 e. The number of ether oxygens (including phenoxy) is 1. The highest BCUT2D eigenvalue weighted by Gasteiger charge is 2.20. The fourth-order valence-electron chi connectivity index (χ4n) is 2.72. The van der Waals surface area contributed by atoms with E-state index in [0.29, 0.717) is 29.6 Å². The normalized spacial score (nSPS) is 18.7. The van der Waals surface area contributed by atoms with E-state index >= 15 is 0 Å². The zero-order chi connectivity index (χ0) is 15.4. The van der Waals surface area contributed by atoms with Gasteiger partial charge in [-0.1, -0.05) is 0 Å². The second-order valence-electron chi connectivity index (χ2n) is 5.87. The number of amides is 1. The number of nitrogens with zero attached hydrogens (tertiary/aromatic N) is 2. The lowest BCUT2D eigenvalue weighted by Crippen LogP contribution is -2.26. The molecule has 116 valence electrons. The third-order valence-electron chi connectivity index (χ3n) is 4.04. The van der Waals surface area contributed by atoms with E-state index in [1.807, 2.05) is 0 Å². The molecule has 1 aromatic carbocycles. The fraction of sp³-hybridized carbons (Fsp3) is 0.562. The Morgan fingerprint density at radius 1 is 1.48 bits per heavy atom. The van der Waals surface area contributed by atoms with Gasteiger partial charge in [-0.15, -0.1) is 0 Å². The van der Waals surface area contributed by atoms with Gasteiger partial charge in [-0.05, 0) is 51.1 Å². The Morgan fingerprint density at radius 2 is 2.24 bits per heavy atom. The molecule has 1 aliphatic rings. The summed E-state index contributed by atoms with van der Waals surface area (Å²) in [5.41, 5.74) is 7.07. The summed E-state index contributed by atoms with van der Waals surface area (Å²) in [7, 11) is 5.61. The van der Waals surface area contributed by atoms with Crippen LogP contribution in [0, 0.1) is 0 Å². The van der Waals surface area contributed by atoms with E-state index in [9.17, 15) is 4.79 Å². The molecule has 0 aliphatic carbocycles. The maximum absolute atomic E-state index is 11.9. The van der Waals surface area contributed by atoms with E-state index in [1.165, 1.54) is 24.3 Å². The Labute approximate surface area is 126 Å². The van der Waals surface area contributed by atoms with Crippen LogP contribution in [-0.2, 0) is 0 Å². The molecule has 0 aromatic heterocycles. The second-order valence-corrected chi connectivity index (χ2v) is 5.87. The van der Waals surface area contributed by atoms with Gasteiger partial charge in [0.05, 0.1) is 12.3 Å². The van der Waals surface area contributed by atoms with Gasteiger partial charge in [-0.3, -0.25) is 4.79 Å². The summed E-state index contributed by atoms with van der Waals surface area (Å²) in [6, 6.07) is 5.83. The highest BCUT2D eigenvalue weighted by molar-refractivity contribution is 5.95. The second kappa shape index (κ2) is 6.80. The standard InChI is InChI=1S/C16H25N3O2/c1-18(2)16(20)12-6-7-15(14(17)11-12)21-10-8-13-5-4-9-19(13)3/h6-7,11,13H,4-5,8-10,17H2,1-3H3. The van der Waals surface area contributed by atoms with Crippen LogP contribution in [0.25, 0.3) is 0 Å². The molecule has 21 heavy (non-hydrogen) atoms. The van der Waals surface area contributed by atoms with Crippen molar-refractivity contribution in [2.24, 2.45) is 0 Å². The molecule has 1 aromatic rings. The first-order valence-corrected chi connectivity index (χ1v) is 7.43. The molecule has 5 nitrogen and oxygen atoms in total. The molecule has 1 atom stereocenters. The van der Waals surface area contributed by atoms with Crippen LogP contribution in [0.5, 0.6) is 5.75 Å². The van der Waals surface area contributed by atoms with Crippen LogP contribution in [-0.4, -0.2) is 56.0 Å². The van der Waals surface area contributed by atoms with Crippen molar-refractivity contribution < 1.29 is 9.53 Å². The van der Waals surface area contributed by atoms with Crippen molar-refractivity contribution in [1.82, 2.24) is 9.80 Å². The van der Waals surface area contributed by atoms with Crippen molar-refractivity contribution in [3.8, 4) is 5.75 Å². The van der Waals surface area contributed by atoms with Crippen LogP contribution in [0.3, 0.4) is 0 Å². The SMILES string of the molecule is CN(C)C(=O)c1ccc(OCCC2CCCN2C)c(N)c1. The molecule has 0 bridgehead atoms. The molecule has 1 amide bonds. The Balaban J connectivity index is 1.90. The van der Waals surface area contributed by atoms with E-state index in [4.69, 9.17) is 10.5 Å². The first-order chi connectivity index (χ1) is 9.99. The summed E-state index contributed by atoms with van der Waals surface area (Å²) in [6.07, 6.45) is 3.52. The number of anilines is 1. The number of likely N-dealkylation sites (tertiary alicyclic amines) is 1. The molecule has 1 fully saturated rings. The first kappa shape index (κ1) is 15.6. The number of carbonyl (C=O) groups excluding carboxylic acids is 1. The highest BCUT2D eigenvalue weighted by Crippen LogP contribution is 2.24. The van der Waals surface area contributed by atoms with Crippen molar-refractivity contribution in [3.05, 3.63) is 23.8 Å². The molecular weight excluding hydrogens is 266 g/mol. The number of rotatable bonds is 5. The highest BCUT2D eigenvalue weighted by atomic mass is 16.5. The summed E-state index contributed by atoms with van der Waals surface area (Å²) >= 11 is 0. The van der Waals surface area contributed by atoms with Gasteiger partial charge < -0.3 is 20.3 Å². The van der Waals surface area contributed by atoms with E-state index in [0.717, 1.165) is 6.42 Å². The number of hydrogen-bond donors (Lipinski definition) is 1. The molecule has 1 unspecified atom stereocenters. The van der Waals surface area contributed by atoms with E-state index < -0.39 is 0 Å². The molecule has 2 rings (SSSR count). The summed E-state index contributed by atoms with van der Waals surface area (Å²) in [5.74, 6) is 0.604. The van der Waals surface area contributed by atoms with Gasteiger partial charge in [0.2, 0.25) is 0 Å². The Hall–Kier alpha value is -1.75. The number of hydrogen-bond acceptors (Lipinski definition) is 4. The summed E-state index contributed by atoms with van der Waals surface area (Å²) in [5, 5.41) is 0. The third-order valence-corrected chi connectivity index (χ3v) is 4.04. The van der Waals surface area contributed by atoms with E-state index in [-0.39, 0.29) is 5.91 Å². The Bertz CT molecular complexity index is 502. The molecule has 0 saturated carbocycles. The van der Waals surface area contributed by atoms with E-state index in [2.05, 4.69) is 11.9 Å². The molecular formula is C16H25N3O2. The van der Waals surface area contributed by atoms with Crippen LogP contribution in [0.2, 0.25) is 0 Å². The van der Waals surface area contributed by atoms with Gasteiger partial charge in [0.1, 0.15) is 5.75 Å². The predicted molar refractivity (Wildman–Crippen MR) is 84.6 cm³/mol. The quantitative estimate of drug-likeness (QED) is 0.841. The zero-order valence-electron chi connectivity index (χ0n) is 13.1. The van der Waals surface area contributed by atoms with Crippen molar-refractivity contribution in [2.75, 3.05) is 40.0 Å². The minimum absolute atomic E-state index is 0.0548. The van der Waals surface area contributed by atoms with Crippen LogP contribution in [0.1, 0.15) is 29.6 Å². The predicted octanol–water partition coefficient (Wildman–Crippen LogP) is 1.83.